The van der Waals surface area contributed by atoms with Crippen LogP contribution in [0.3, 0.4) is 0 Å². The number of aromatic nitrogens is 1. The number of hydrogen-bond donors (Lipinski definition) is 0. The van der Waals surface area contributed by atoms with Gasteiger partial charge in [-0.3, -0.25) is 0 Å². The Morgan fingerprint density at radius 1 is 0.527 bits per heavy atom. The number of hydrogen-bond acceptors (Lipinski definition) is 3. The standard InChI is InChI=1S/C50H42BN3O/c1-49(2,3)31-24-25-41-37(26-31)39-27-32(50(4,5)6)28-40-47(39)53(41)43-30-35(52(33-16-9-7-10-17-33)34-18-11-8-12-19-34)29-38-36-20-15-23-45-48(36)54(51(40)46(38)43)42-21-13-14-22-44(42)55-45/h7-30H,1-6H3. The van der Waals surface area contributed by atoms with Crippen LogP contribution in [0.15, 0.2) is 146 Å². The van der Waals surface area contributed by atoms with Gasteiger partial charge in [-0.05, 0) is 111 Å². The van der Waals surface area contributed by atoms with Crippen LogP contribution in [0, 0.1) is 0 Å². The van der Waals surface area contributed by atoms with Gasteiger partial charge in [-0.1, -0.05) is 114 Å². The summed E-state index contributed by atoms with van der Waals surface area (Å²) in [5.41, 5.74) is 17.0. The van der Waals surface area contributed by atoms with E-state index < -0.39 is 0 Å². The molecule has 3 aliphatic rings. The van der Waals surface area contributed by atoms with E-state index in [1.807, 2.05) is 0 Å². The Morgan fingerprint density at radius 2 is 1.18 bits per heavy atom. The zero-order valence-electron chi connectivity index (χ0n) is 32.2. The van der Waals surface area contributed by atoms with Gasteiger partial charge < -0.3 is 19.0 Å². The van der Waals surface area contributed by atoms with Crippen LogP contribution in [0.2, 0.25) is 0 Å². The van der Waals surface area contributed by atoms with E-state index in [9.17, 15) is 0 Å². The van der Waals surface area contributed by atoms with Gasteiger partial charge in [-0.25, -0.2) is 0 Å². The van der Waals surface area contributed by atoms with Crippen molar-refractivity contribution in [2.45, 2.75) is 52.4 Å². The molecule has 0 unspecified atom stereocenters. The lowest BCUT2D eigenvalue weighted by molar-refractivity contribution is 0.478. The van der Waals surface area contributed by atoms with Crippen LogP contribution in [-0.2, 0) is 10.8 Å². The molecule has 0 radical (unpaired) electrons. The summed E-state index contributed by atoms with van der Waals surface area (Å²) < 4.78 is 9.34. The van der Waals surface area contributed by atoms with Crippen molar-refractivity contribution in [2.75, 3.05) is 9.71 Å². The van der Waals surface area contributed by atoms with Crippen molar-refractivity contribution in [1.29, 1.82) is 0 Å². The quantitative estimate of drug-likeness (QED) is 0.170. The first-order chi connectivity index (χ1) is 26.6. The fourth-order valence-corrected chi connectivity index (χ4v) is 9.33. The number of anilines is 5. The molecule has 4 nitrogen and oxygen atoms in total. The van der Waals surface area contributed by atoms with E-state index in [4.69, 9.17) is 4.74 Å². The number of fused-ring (bicyclic) bond motifs is 9. The van der Waals surface area contributed by atoms with Crippen LogP contribution >= 0.6 is 0 Å². The SMILES string of the molecule is CC(C)(C)c1ccc2c(c1)c1cc(C(C)(C)C)cc3c1n2-c1cc(N(c2ccccc2)c2ccccc2)cc2c1B3N1c3ccccc3Oc3cccc-2c31. The summed E-state index contributed by atoms with van der Waals surface area (Å²) in [6.45, 7) is 13.9. The molecule has 8 aromatic rings. The first kappa shape index (κ1) is 32.3. The van der Waals surface area contributed by atoms with Crippen molar-refractivity contribution >= 4 is 68.0 Å². The zero-order valence-corrected chi connectivity index (χ0v) is 32.2. The van der Waals surface area contributed by atoms with E-state index >= 15 is 0 Å². The van der Waals surface area contributed by atoms with E-state index in [1.54, 1.807) is 0 Å². The lowest BCUT2D eigenvalue weighted by atomic mass is 9.43. The molecule has 3 aliphatic heterocycles. The van der Waals surface area contributed by atoms with Crippen molar-refractivity contribution in [3.63, 3.8) is 0 Å². The van der Waals surface area contributed by atoms with Crippen molar-refractivity contribution in [3.8, 4) is 28.3 Å². The molecule has 0 saturated heterocycles. The highest BCUT2D eigenvalue weighted by atomic mass is 16.5. The topological polar surface area (TPSA) is 20.6 Å². The minimum atomic E-state index is -0.0802. The van der Waals surface area contributed by atoms with Crippen molar-refractivity contribution in [3.05, 3.63) is 157 Å². The first-order valence-electron chi connectivity index (χ1n) is 19.5. The number of para-hydroxylation sites is 5. The molecular weight excluding hydrogens is 669 g/mol. The van der Waals surface area contributed by atoms with Gasteiger partial charge in [0.15, 0.2) is 5.75 Å². The third-order valence-corrected chi connectivity index (χ3v) is 12.0. The Morgan fingerprint density at radius 3 is 1.89 bits per heavy atom. The third kappa shape index (κ3) is 4.59. The van der Waals surface area contributed by atoms with E-state index in [0.29, 0.717) is 0 Å². The van der Waals surface area contributed by atoms with Gasteiger partial charge >= 0.3 is 6.85 Å². The Labute approximate surface area is 323 Å². The summed E-state index contributed by atoms with van der Waals surface area (Å²) in [5.74, 6) is 1.78. The highest BCUT2D eigenvalue weighted by Gasteiger charge is 2.47. The van der Waals surface area contributed by atoms with Crippen molar-refractivity contribution < 1.29 is 4.74 Å². The molecule has 0 amide bonds. The molecule has 0 atom stereocenters. The molecule has 7 aromatic carbocycles. The van der Waals surface area contributed by atoms with Gasteiger partial charge in [0.05, 0.1) is 22.4 Å². The molecule has 0 spiro atoms. The second kappa shape index (κ2) is 11.2. The average Bonchev–Trinajstić information content (AvgIpc) is 3.52. The summed E-state index contributed by atoms with van der Waals surface area (Å²) in [6, 6.07) is 53.7. The fourth-order valence-electron chi connectivity index (χ4n) is 9.33. The summed E-state index contributed by atoms with van der Waals surface area (Å²) in [4.78, 5) is 4.99. The summed E-state index contributed by atoms with van der Waals surface area (Å²) in [6.07, 6.45) is 0. The lowest BCUT2D eigenvalue weighted by Crippen LogP contribution is -2.61. The molecule has 5 heteroatoms. The van der Waals surface area contributed by atoms with Crippen LogP contribution in [0.4, 0.5) is 28.4 Å². The van der Waals surface area contributed by atoms with Crippen LogP contribution in [0.1, 0.15) is 52.7 Å². The Bertz CT molecular complexity index is 2840. The van der Waals surface area contributed by atoms with Crippen LogP contribution in [0.5, 0.6) is 11.5 Å². The van der Waals surface area contributed by atoms with Gasteiger partial charge in [-0.2, -0.15) is 0 Å². The summed E-state index contributed by atoms with van der Waals surface area (Å²) in [5, 5.41) is 2.61. The van der Waals surface area contributed by atoms with E-state index in [0.717, 1.165) is 39.9 Å². The molecule has 55 heavy (non-hydrogen) atoms. The summed E-state index contributed by atoms with van der Waals surface area (Å²) in [7, 11) is 0. The molecule has 1 aromatic heterocycles. The number of nitrogens with zero attached hydrogens (tertiary/aromatic N) is 3. The molecule has 0 aliphatic carbocycles. The average molecular weight is 712 g/mol. The smallest absolute Gasteiger partial charge is 0.333 e. The Hall–Kier alpha value is -6.20. The molecule has 266 valence electrons. The van der Waals surface area contributed by atoms with Gasteiger partial charge in [-0.15, -0.1) is 0 Å². The number of ether oxygens (including phenoxy) is 1. The molecule has 0 saturated carbocycles. The monoisotopic (exact) mass is 711 g/mol. The minimum Gasteiger partial charge on any atom is -0.453 e. The molecular formula is C50H42BN3O. The maximum atomic E-state index is 6.75. The van der Waals surface area contributed by atoms with Crippen molar-refractivity contribution in [1.82, 2.24) is 4.57 Å². The van der Waals surface area contributed by atoms with Gasteiger partial charge in [0.25, 0.3) is 0 Å². The van der Waals surface area contributed by atoms with E-state index in [-0.39, 0.29) is 17.7 Å². The fraction of sp³-hybridized carbons (Fsp3) is 0.160. The lowest BCUT2D eigenvalue weighted by Gasteiger charge is -2.45. The van der Waals surface area contributed by atoms with Gasteiger partial charge in [0.1, 0.15) is 5.75 Å². The van der Waals surface area contributed by atoms with E-state index in [1.165, 1.54) is 60.7 Å². The highest BCUT2D eigenvalue weighted by molar-refractivity contribution is 6.93. The Balaban J connectivity index is 1.33. The zero-order chi connectivity index (χ0) is 37.4. The minimum absolute atomic E-state index is 0.0123. The molecule has 0 bridgehead atoms. The largest absolute Gasteiger partial charge is 0.453 e. The third-order valence-electron chi connectivity index (χ3n) is 12.0. The van der Waals surface area contributed by atoms with Gasteiger partial charge in [0.2, 0.25) is 0 Å². The summed E-state index contributed by atoms with van der Waals surface area (Å²) >= 11 is 0. The maximum Gasteiger partial charge on any atom is 0.333 e. The molecule has 0 N–H and O–H groups in total. The maximum absolute atomic E-state index is 6.75. The number of benzene rings is 7. The molecule has 0 fully saturated rings. The predicted octanol–water partition coefficient (Wildman–Crippen LogP) is 12.2. The van der Waals surface area contributed by atoms with Crippen LogP contribution in [-0.4, -0.2) is 11.4 Å². The molecule has 4 heterocycles. The predicted molar refractivity (Wildman–Crippen MR) is 232 cm³/mol. The van der Waals surface area contributed by atoms with Gasteiger partial charge in [0, 0.05) is 39.1 Å². The van der Waals surface area contributed by atoms with Crippen molar-refractivity contribution in [2.24, 2.45) is 0 Å². The van der Waals surface area contributed by atoms with Crippen LogP contribution < -0.4 is 25.4 Å². The van der Waals surface area contributed by atoms with E-state index in [2.05, 4.69) is 201 Å². The molecule has 11 rings (SSSR count). The first-order valence-corrected chi connectivity index (χ1v) is 19.5. The second-order valence-electron chi connectivity index (χ2n) is 17.5. The normalized spacial score (nSPS) is 13.7. The highest BCUT2D eigenvalue weighted by Crippen LogP contribution is 2.55. The number of rotatable bonds is 3. The Kier molecular flexibility index (Phi) is 6.55. The second-order valence-corrected chi connectivity index (χ2v) is 17.5. The van der Waals surface area contributed by atoms with Crippen LogP contribution in [0.25, 0.3) is 38.6 Å².